The number of nitrogens with zero attached hydrogens (tertiary/aromatic N) is 2. The lowest BCUT2D eigenvalue weighted by Crippen LogP contribution is -2.15. The van der Waals surface area contributed by atoms with Gasteiger partial charge in [0.15, 0.2) is 11.5 Å². The highest BCUT2D eigenvalue weighted by atomic mass is 16.6. The fraction of sp³-hybridized carbons (Fsp3) is 0.375. The molecule has 0 aliphatic carbocycles. The molecular formula is C16H19N3O2. The van der Waals surface area contributed by atoms with Crippen molar-refractivity contribution in [2.45, 2.75) is 26.7 Å². The fourth-order valence-electron chi connectivity index (χ4n) is 2.28. The number of aromatic nitrogens is 2. The van der Waals surface area contributed by atoms with Gasteiger partial charge in [-0.2, -0.15) is 0 Å². The van der Waals surface area contributed by atoms with E-state index in [0.29, 0.717) is 19.0 Å². The van der Waals surface area contributed by atoms with Crippen LogP contribution in [0.2, 0.25) is 0 Å². The molecule has 1 aliphatic rings. The molecule has 0 atom stereocenters. The van der Waals surface area contributed by atoms with Crippen LogP contribution in [0.25, 0.3) is 11.3 Å². The molecule has 0 saturated carbocycles. The van der Waals surface area contributed by atoms with E-state index in [1.54, 1.807) is 0 Å². The van der Waals surface area contributed by atoms with Gasteiger partial charge in [0.05, 0.1) is 5.69 Å². The minimum absolute atomic E-state index is 0.226. The Morgan fingerprint density at radius 1 is 1.10 bits per heavy atom. The van der Waals surface area contributed by atoms with Crippen molar-refractivity contribution in [3.05, 3.63) is 29.6 Å². The largest absolute Gasteiger partial charge is 0.486 e. The molecule has 0 saturated heterocycles. The van der Waals surface area contributed by atoms with Gasteiger partial charge in [0.2, 0.25) is 0 Å². The number of nitrogens with two attached hydrogens (primary N) is 1. The van der Waals surface area contributed by atoms with E-state index in [1.165, 1.54) is 0 Å². The van der Waals surface area contributed by atoms with Crippen molar-refractivity contribution in [3.8, 4) is 22.8 Å². The van der Waals surface area contributed by atoms with E-state index in [1.807, 2.05) is 25.1 Å². The first-order valence-corrected chi connectivity index (χ1v) is 7.10. The van der Waals surface area contributed by atoms with Crippen molar-refractivity contribution >= 4 is 5.82 Å². The zero-order chi connectivity index (χ0) is 15.0. The molecular weight excluding hydrogens is 266 g/mol. The maximum absolute atomic E-state index is 6.03. The summed E-state index contributed by atoms with van der Waals surface area (Å²) >= 11 is 0. The van der Waals surface area contributed by atoms with Crippen LogP contribution < -0.4 is 15.2 Å². The van der Waals surface area contributed by atoms with E-state index in [4.69, 9.17) is 15.2 Å². The van der Waals surface area contributed by atoms with Crippen LogP contribution >= 0.6 is 0 Å². The molecule has 5 heteroatoms. The van der Waals surface area contributed by atoms with Crippen LogP contribution in [0.3, 0.4) is 0 Å². The van der Waals surface area contributed by atoms with Gasteiger partial charge >= 0.3 is 0 Å². The molecule has 1 aromatic heterocycles. The van der Waals surface area contributed by atoms with E-state index in [9.17, 15) is 0 Å². The number of fused-ring (bicyclic) bond motifs is 1. The highest BCUT2D eigenvalue weighted by Gasteiger charge is 2.16. The smallest absolute Gasteiger partial charge is 0.162 e. The topological polar surface area (TPSA) is 70.3 Å². The van der Waals surface area contributed by atoms with Crippen molar-refractivity contribution in [3.63, 3.8) is 0 Å². The molecule has 21 heavy (non-hydrogen) atoms. The van der Waals surface area contributed by atoms with E-state index in [2.05, 4.69) is 23.8 Å². The van der Waals surface area contributed by atoms with Crippen molar-refractivity contribution in [2.75, 3.05) is 18.9 Å². The van der Waals surface area contributed by atoms with Crippen LogP contribution in [-0.4, -0.2) is 23.2 Å². The molecule has 3 rings (SSSR count). The molecule has 0 spiro atoms. The summed E-state index contributed by atoms with van der Waals surface area (Å²) in [5, 5.41) is 0. The van der Waals surface area contributed by atoms with Gasteiger partial charge in [-0.15, -0.1) is 0 Å². The monoisotopic (exact) mass is 285 g/mol. The Labute approximate surface area is 124 Å². The molecule has 2 aromatic rings. The first-order valence-electron chi connectivity index (χ1n) is 7.10. The second-order valence-electron chi connectivity index (χ2n) is 5.45. The van der Waals surface area contributed by atoms with Gasteiger partial charge < -0.3 is 15.2 Å². The summed E-state index contributed by atoms with van der Waals surface area (Å²) in [5.41, 5.74) is 8.73. The summed E-state index contributed by atoms with van der Waals surface area (Å²) in [6.07, 6.45) is 0. The first kappa shape index (κ1) is 13.7. The quantitative estimate of drug-likeness (QED) is 0.918. The van der Waals surface area contributed by atoms with Gasteiger partial charge in [-0.1, -0.05) is 13.8 Å². The molecule has 0 fully saturated rings. The standard InChI is InChI=1S/C16H19N3O2/c1-9(2)16-18-14(10(3)15(17)19-16)11-4-5-12-13(8-11)21-7-6-20-12/h4-5,8-9H,6-7H2,1-3H3,(H2,17,18,19). The molecule has 0 radical (unpaired) electrons. The first-order chi connectivity index (χ1) is 10.1. The van der Waals surface area contributed by atoms with E-state index >= 15 is 0 Å². The summed E-state index contributed by atoms with van der Waals surface area (Å²) in [5.74, 6) is 3.03. The summed E-state index contributed by atoms with van der Waals surface area (Å²) in [6.45, 7) is 7.20. The Kier molecular flexibility index (Phi) is 3.41. The molecule has 1 aromatic carbocycles. The SMILES string of the molecule is Cc1c(N)nc(C(C)C)nc1-c1ccc2c(c1)OCCO2. The number of hydrogen-bond donors (Lipinski definition) is 1. The maximum atomic E-state index is 6.03. The van der Waals surface area contributed by atoms with Crippen LogP contribution in [0.1, 0.15) is 31.2 Å². The van der Waals surface area contributed by atoms with Gasteiger partial charge in [-0.25, -0.2) is 9.97 Å². The second kappa shape index (κ2) is 5.24. The summed E-state index contributed by atoms with van der Waals surface area (Å²) < 4.78 is 11.2. The Bertz CT molecular complexity index is 683. The fourth-order valence-corrected chi connectivity index (χ4v) is 2.28. The van der Waals surface area contributed by atoms with Gasteiger partial charge in [-0.3, -0.25) is 0 Å². The zero-order valence-corrected chi connectivity index (χ0v) is 12.5. The minimum atomic E-state index is 0.226. The Morgan fingerprint density at radius 3 is 2.52 bits per heavy atom. The Hall–Kier alpha value is -2.30. The lowest BCUT2D eigenvalue weighted by atomic mass is 10.1. The van der Waals surface area contributed by atoms with Gasteiger partial charge in [0, 0.05) is 17.0 Å². The molecule has 110 valence electrons. The number of rotatable bonds is 2. The Morgan fingerprint density at radius 2 is 1.81 bits per heavy atom. The lowest BCUT2D eigenvalue weighted by molar-refractivity contribution is 0.171. The highest BCUT2D eigenvalue weighted by Crippen LogP contribution is 2.35. The normalized spacial score (nSPS) is 13.5. The summed E-state index contributed by atoms with van der Waals surface area (Å²) in [4.78, 5) is 9.02. The van der Waals surface area contributed by atoms with Crippen LogP contribution in [-0.2, 0) is 0 Å². The van der Waals surface area contributed by atoms with Crippen LogP contribution in [0.15, 0.2) is 18.2 Å². The maximum Gasteiger partial charge on any atom is 0.162 e. The van der Waals surface area contributed by atoms with Gasteiger partial charge in [0.25, 0.3) is 0 Å². The highest BCUT2D eigenvalue weighted by molar-refractivity contribution is 5.70. The van der Waals surface area contributed by atoms with Gasteiger partial charge in [0.1, 0.15) is 24.9 Å². The number of hydrogen-bond acceptors (Lipinski definition) is 5. The van der Waals surface area contributed by atoms with Crippen molar-refractivity contribution in [1.29, 1.82) is 0 Å². The predicted octanol–water partition coefficient (Wildman–Crippen LogP) is 2.93. The van der Waals surface area contributed by atoms with Crippen molar-refractivity contribution in [1.82, 2.24) is 9.97 Å². The third-order valence-corrected chi connectivity index (χ3v) is 3.53. The predicted molar refractivity (Wildman–Crippen MR) is 81.7 cm³/mol. The number of nitrogen functional groups attached to an aromatic ring is 1. The van der Waals surface area contributed by atoms with Crippen molar-refractivity contribution in [2.24, 2.45) is 0 Å². The third-order valence-electron chi connectivity index (χ3n) is 3.53. The minimum Gasteiger partial charge on any atom is -0.486 e. The average molecular weight is 285 g/mol. The van der Waals surface area contributed by atoms with Crippen molar-refractivity contribution < 1.29 is 9.47 Å². The summed E-state index contributed by atoms with van der Waals surface area (Å²) in [6, 6.07) is 5.84. The molecule has 0 unspecified atom stereocenters. The van der Waals surface area contributed by atoms with Crippen LogP contribution in [0, 0.1) is 6.92 Å². The Balaban J connectivity index is 2.11. The van der Waals surface area contributed by atoms with E-state index in [-0.39, 0.29) is 5.92 Å². The summed E-state index contributed by atoms with van der Waals surface area (Å²) in [7, 11) is 0. The van der Waals surface area contributed by atoms with Gasteiger partial charge in [-0.05, 0) is 25.1 Å². The number of ether oxygens (including phenoxy) is 2. The molecule has 2 N–H and O–H groups in total. The van der Waals surface area contributed by atoms with E-state index < -0.39 is 0 Å². The second-order valence-corrected chi connectivity index (χ2v) is 5.45. The molecule has 0 bridgehead atoms. The van der Waals surface area contributed by atoms with E-state index in [0.717, 1.165) is 34.1 Å². The zero-order valence-electron chi connectivity index (χ0n) is 12.5. The number of anilines is 1. The number of benzene rings is 1. The molecule has 5 nitrogen and oxygen atoms in total. The molecule has 0 amide bonds. The third kappa shape index (κ3) is 2.51. The molecule has 1 aliphatic heterocycles. The lowest BCUT2D eigenvalue weighted by Gasteiger charge is -2.19. The van der Waals surface area contributed by atoms with Crippen LogP contribution in [0.5, 0.6) is 11.5 Å². The average Bonchev–Trinajstić information content (AvgIpc) is 2.49. The molecule has 2 heterocycles. The van der Waals surface area contributed by atoms with Crippen LogP contribution in [0.4, 0.5) is 5.82 Å².